The van der Waals surface area contributed by atoms with Crippen molar-refractivity contribution in [1.82, 2.24) is 4.90 Å². The molecule has 1 fully saturated rings. The van der Waals surface area contributed by atoms with Crippen LogP contribution in [0.25, 0.3) is 0 Å². The summed E-state index contributed by atoms with van der Waals surface area (Å²) in [7, 11) is 0. The van der Waals surface area contributed by atoms with E-state index in [1.165, 1.54) is 25.8 Å². The lowest BCUT2D eigenvalue weighted by molar-refractivity contribution is 0.171. The molecule has 2 N–H and O–H groups in total. The fraction of sp³-hybridized carbons (Fsp3) is 0.647. The van der Waals surface area contributed by atoms with Gasteiger partial charge in [-0.15, -0.1) is 0 Å². The van der Waals surface area contributed by atoms with Crippen LogP contribution < -0.4 is 15.2 Å². The molecular formula is C17H26N2O2. The molecule has 0 bridgehead atoms. The van der Waals surface area contributed by atoms with E-state index in [0.717, 1.165) is 36.1 Å². The minimum Gasteiger partial charge on any atom is -0.486 e. The minimum absolute atomic E-state index is 0.0335. The Balaban J connectivity index is 1.64. The molecule has 1 unspecified atom stereocenters. The maximum atomic E-state index is 6.42. The number of nitrogens with two attached hydrogens (primary N) is 1. The summed E-state index contributed by atoms with van der Waals surface area (Å²) >= 11 is 0. The van der Waals surface area contributed by atoms with Crippen LogP contribution in [0.3, 0.4) is 0 Å². The lowest BCUT2D eigenvalue weighted by atomic mass is 10.1. The van der Waals surface area contributed by atoms with Crippen LogP contribution in [0.4, 0.5) is 0 Å². The molecule has 0 radical (unpaired) electrons. The molecule has 1 aliphatic heterocycles. The largest absolute Gasteiger partial charge is 0.486 e. The number of hydrogen-bond donors (Lipinski definition) is 1. The second-order valence-corrected chi connectivity index (χ2v) is 6.21. The SMILES string of the molecule is CCCN(CC1CC1)CC(N)c1ccc2c(c1)OCCO2. The maximum absolute atomic E-state index is 6.42. The zero-order valence-electron chi connectivity index (χ0n) is 12.9. The molecule has 0 spiro atoms. The van der Waals surface area contributed by atoms with Crippen molar-refractivity contribution in [1.29, 1.82) is 0 Å². The van der Waals surface area contributed by atoms with Crippen molar-refractivity contribution >= 4 is 0 Å². The lowest BCUT2D eigenvalue weighted by Crippen LogP contribution is -2.34. The Morgan fingerprint density at radius 3 is 2.71 bits per heavy atom. The van der Waals surface area contributed by atoms with Gasteiger partial charge in [0.05, 0.1) is 0 Å². The minimum atomic E-state index is 0.0335. The van der Waals surface area contributed by atoms with Gasteiger partial charge in [0.1, 0.15) is 13.2 Å². The van der Waals surface area contributed by atoms with Crippen molar-refractivity contribution in [3.8, 4) is 11.5 Å². The third-order valence-electron chi connectivity index (χ3n) is 4.20. The highest BCUT2D eigenvalue weighted by atomic mass is 16.6. The predicted molar refractivity (Wildman–Crippen MR) is 83.8 cm³/mol. The summed E-state index contributed by atoms with van der Waals surface area (Å²) in [6.45, 7) is 6.74. The standard InChI is InChI=1S/C17H26N2O2/c1-2-7-19(11-13-3-4-13)12-15(18)14-5-6-16-17(10-14)21-9-8-20-16/h5-6,10,13,15H,2-4,7-9,11-12,18H2,1H3. The fourth-order valence-corrected chi connectivity index (χ4v) is 2.91. The van der Waals surface area contributed by atoms with Gasteiger partial charge >= 0.3 is 0 Å². The van der Waals surface area contributed by atoms with Gasteiger partial charge in [0.25, 0.3) is 0 Å². The van der Waals surface area contributed by atoms with Gasteiger partial charge < -0.3 is 20.1 Å². The van der Waals surface area contributed by atoms with Crippen LogP contribution in [0.15, 0.2) is 18.2 Å². The molecule has 1 heterocycles. The van der Waals surface area contributed by atoms with E-state index < -0.39 is 0 Å². The van der Waals surface area contributed by atoms with Crippen molar-refractivity contribution in [3.63, 3.8) is 0 Å². The van der Waals surface area contributed by atoms with E-state index in [2.05, 4.69) is 17.9 Å². The van der Waals surface area contributed by atoms with Crippen LogP contribution in [0, 0.1) is 5.92 Å². The first-order valence-electron chi connectivity index (χ1n) is 8.13. The second-order valence-electron chi connectivity index (χ2n) is 6.21. The van der Waals surface area contributed by atoms with Crippen LogP contribution in [-0.2, 0) is 0 Å². The summed E-state index contributed by atoms with van der Waals surface area (Å²) in [5.74, 6) is 2.57. The average molecular weight is 290 g/mol. The molecule has 1 aromatic carbocycles. The first-order valence-corrected chi connectivity index (χ1v) is 8.13. The van der Waals surface area contributed by atoms with Crippen LogP contribution >= 0.6 is 0 Å². The first-order chi connectivity index (χ1) is 10.3. The summed E-state index contributed by atoms with van der Waals surface area (Å²) < 4.78 is 11.2. The Morgan fingerprint density at radius 1 is 1.24 bits per heavy atom. The number of rotatable bonds is 7. The second kappa shape index (κ2) is 6.67. The number of benzene rings is 1. The van der Waals surface area contributed by atoms with Crippen molar-refractivity contribution < 1.29 is 9.47 Å². The molecule has 4 heteroatoms. The molecule has 0 amide bonds. The topological polar surface area (TPSA) is 47.7 Å². The van der Waals surface area contributed by atoms with Gasteiger partial charge in [0, 0.05) is 19.1 Å². The Hall–Kier alpha value is -1.26. The quantitative estimate of drug-likeness (QED) is 0.838. The highest BCUT2D eigenvalue weighted by molar-refractivity contribution is 5.44. The van der Waals surface area contributed by atoms with Crippen molar-refractivity contribution in [2.45, 2.75) is 32.2 Å². The zero-order chi connectivity index (χ0) is 14.7. The molecule has 2 aliphatic rings. The van der Waals surface area contributed by atoms with Crippen LogP contribution in [0.2, 0.25) is 0 Å². The Morgan fingerprint density at radius 2 is 2.00 bits per heavy atom. The van der Waals surface area contributed by atoms with Crippen molar-refractivity contribution in [2.24, 2.45) is 11.7 Å². The first kappa shape index (κ1) is 14.7. The van der Waals surface area contributed by atoms with E-state index in [1.54, 1.807) is 0 Å². The van der Waals surface area contributed by atoms with Crippen LogP contribution in [0.5, 0.6) is 11.5 Å². The summed E-state index contributed by atoms with van der Waals surface area (Å²) in [5, 5.41) is 0. The van der Waals surface area contributed by atoms with E-state index in [4.69, 9.17) is 15.2 Å². The monoisotopic (exact) mass is 290 g/mol. The molecule has 1 saturated carbocycles. The molecule has 1 atom stereocenters. The van der Waals surface area contributed by atoms with Gasteiger partial charge in [-0.05, 0) is 49.4 Å². The normalized spacial score (nSPS) is 18.8. The summed E-state index contributed by atoms with van der Waals surface area (Å²) in [5.41, 5.74) is 7.55. The number of fused-ring (bicyclic) bond motifs is 1. The van der Waals surface area contributed by atoms with Gasteiger partial charge in [0.15, 0.2) is 11.5 Å². The number of hydrogen-bond acceptors (Lipinski definition) is 4. The van der Waals surface area contributed by atoms with E-state index in [0.29, 0.717) is 13.2 Å². The third-order valence-corrected chi connectivity index (χ3v) is 4.20. The smallest absolute Gasteiger partial charge is 0.161 e. The number of nitrogens with zero attached hydrogens (tertiary/aromatic N) is 1. The average Bonchev–Trinajstić information content (AvgIpc) is 3.31. The van der Waals surface area contributed by atoms with Gasteiger partial charge in [-0.1, -0.05) is 13.0 Å². The zero-order valence-corrected chi connectivity index (χ0v) is 12.9. The number of ether oxygens (including phenoxy) is 2. The van der Waals surface area contributed by atoms with Gasteiger partial charge in [-0.25, -0.2) is 0 Å². The highest BCUT2D eigenvalue weighted by Crippen LogP contribution is 2.33. The fourth-order valence-electron chi connectivity index (χ4n) is 2.91. The molecule has 116 valence electrons. The van der Waals surface area contributed by atoms with E-state index in [-0.39, 0.29) is 6.04 Å². The summed E-state index contributed by atoms with van der Waals surface area (Å²) in [4.78, 5) is 2.51. The Kier molecular flexibility index (Phi) is 4.66. The van der Waals surface area contributed by atoms with E-state index >= 15 is 0 Å². The third kappa shape index (κ3) is 3.89. The molecule has 0 saturated heterocycles. The molecule has 4 nitrogen and oxygen atoms in total. The van der Waals surface area contributed by atoms with E-state index in [1.807, 2.05) is 12.1 Å². The van der Waals surface area contributed by atoms with Crippen molar-refractivity contribution in [3.05, 3.63) is 23.8 Å². The molecule has 1 aliphatic carbocycles. The van der Waals surface area contributed by atoms with Crippen molar-refractivity contribution in [2.75, 3.05) is 32.8 Å². The predicted octanol–water partition coefficient (Wildman–Crippen LogP) is 2.58. The molecule has 0 aromatic heterocycles. The summed E-state index contributed by atoms with van der Waals surface area (Å²) in [6.07, 6.45) is 3.96. The Bertz CT molecular complexity index is 474. The van der Waals surface area contributed by atoms with Gasteiger partial charge in [-0.2, -0.15) is 0 Å². The van der Waals surface area contributed by atoms with Gasteiger partial charge in [-0.3, -0.25) is 0 Å². The maximum Gasteiger partial charge on any atom is 0.161 e. The van der Waals surface area contributed by atoms with Crippen LogP contribution in [-0.4, -0.2) is 37.7 Å². The molecule has 1 aromatic rings. The molecular weight excluding hydrogens is 264 g/mol. The van der Waals surface area contributed by atoms with Gasteiger partial charge in [0.2, 0.25) is 0 Å². The lowest BCUT2D eigenvalue weighted by Gasteiger charge is -2.26. The summed E-state index contributed by atoms with van der Waals surface area (Å²) in [6, 6.07) is 6.13. The van der Waals surface area contributed by atoms with E-state index in [9.17, 15) is 0 Å². The highest BCUT2D eigenvalue weighted by Gasteiger charge is 2.25. The molecule has 3 rings (SSSR count). The Labute approximate surface area is 127 Å². The van der Waals surface area contributed by atoms with Crippen LogP contribution in [0.1, 0.15) is 37.8 Å². The molecule has 21 heavy (non-hydrogen) atoms.